The van der Waals surface area contributed by atoms with Gasteiger partial charge in [-0.1, -0.05) is 0 Å². The van der Waals surface area contributed by atoms with E-state index in [-0.39, 0.29) is 12.7 Å². The lowest BCUT2D eigenvalue weighted by Gasteiger charge is -2.14. The number of ether oxygens (including phenoxy) is 2. The lowest BCUT2D eigenvalue weighted by molar-refractivity contribution is 0.0214. The Morgan fingerprint density at radius 3 is 2.83 bits per heavy atom. The SMILES string of the molecule is CC(C)Oc1cccnc1NCCOCC(F)F. The highest BCUT2D eigenvalue weighted by Crippen LogP contribution is 2.21. The van der Waals surface area contributed by atoms with Gasteiger partial charge in [0.05, 0.1) is 12.7 Å². The number of halogens is 2. The third kappa shape index (κ3) is 5.77. The summed E-state index contributed by atoms with van der Waals surface area (Å²) in [5.41, 5.74) is 0. The largest absolute Gasteiger partial charge is 0.487 e. The predicted molar refractivity (Wildman–Crippen MR) is 65.3 cm³/mol. The Bertz CT molecular complexity index is 349. The lowest BCUT2D eigenvalue weighted by Crippen LogP contribution is -2.15. The average molecular weight is 260 g/mol. The number of alkyl halides is 2. The molecule has 0 aliphatic rings. The Balaban J connectivity index is 2.37. The van der Waals surface area contributed by atoms with Crippen LogP contribution in [-0.4, -0.2) is 37.3 Å². The molecular weight excluding hydrogens is 242 g/mol. The third-order valence-corrected chi connectivity index (χ3v) is 1.92. The number of rotatable bonds is 8. The van der Waals surface area contributed by atoms with Gasteiger partial charge in [0.15, 0.2) is 11.6 Å². The van der Waals surface area contributed by atoms with E-state index in [9.17, 15) is 8.78 Å². The van der Waals surface area contributed by atoms with E-state index in [4.69, 9.17) is 9.47 Å². The summed E-state index contributed by atoms with van der Waals surface area (Å²) < 4.78 is 33.9. The number of hydrogen-bond acceptors (Lipinski definition) is 4. The average Bonchev–Trinajstić information content (AvgIpc) is 2.29. The standard InChI is InChI=1S/C12H18F2N2O2/c1-9(2)18-10-4-3-5-15-12(10)16-6-7-17-8-11(13)14/h3-5,9,11H,6-8H2,1-2H3,(H,15,16). The van der Waals surface area contributed by atoms with E-state index in [1.165, 1.54) is 0 Å². The van der Waals surface area contributed by atoms with Crippen LogP contribution in [0.4, 0.5) is 14.6 Å². The number of aromatic nitrogens is 1. The number of pyridine rings is 1. The molecule has 0 aromatic carbocycles. The molecule has 18 heavy (non-hydrogen) atoms. The fraction of sp³-hybridized carbons (Fsp3) is 0.583. The molecule has 0 aliphatic heterocycles. The van der Waals surface area contributed by atoms with Crippen LogP contribution in [0.3, 0.4) is 0 Å². The van der Waals surface area contributed by atoms with Gasteiger partial charge >= 0.3 is 0 Å². The smallest absolute Gasteiger partial charge is 0.261 e. The molecule has 4 nitrogen and oxygen atoms in total. The summed E-state index contributed by atoms with van der Waals surface area (Å²) in [6.45, 7) is 3.89. The van der Waals surface area contributed by atoms with E-state index in [1.54, 1.807) is 18.3 Å². The highest BCUT2D eigenvalue weighted by Gasteiger charge is 2.06. The van der Waals surface area contributed by atoms with Crippen LogP contribution in [0.15, 0.2) is 18.3 Å². The third-order valence-electron chi connectivity index (χ3n) is 1.92. The van der Waals surface area contributed by atoms with Crippen LogP contribution in [-0.2, 0) is 4.74 Å². The molecule has 0 radical (unpaired) electrons. The molecule has 6 heteroatoms. The van der Waals surface area contributed by atoms with Gasteiger partial charge in [-0.05, 0) is 26.0 Å². The van der Waals surface area contributed by atoms with E-state index < -0.39 is 13.0 Å². The Hall–Kier alpha value is -1.43. The van der Waals surface area contributed by atoms with Crippen molar-refractivity contribution < 1.29 is 18.3 Å². The summed E-state index contributed by atoms with van der Waals surface area (Å²) in [5.74, 6) is 1.23. The van der Waals surface area contributed by atoms with E-state index in [1.807, 2.05) is 13.8 Å². The molecule has 1 aromatic heterocycles. The number of nitrogens with zero attached hydrogens (tertiary/aromatic N) is 1. The van der Waals surface area contributed by atoms with Gasteiger partial charge in [-0.15, -0.1) is 0 Å². The van der Waals surface area contributed by atoms with Crippen LogP contribution >= 0.6 is 0 Å². The fourth-order valence-electron chi connectivity index (χ4n) is 1.29. The van der Waals surface area contributed by atoms with E-state index >= 15 is 0 Å². The quantitative estimate of drug-likeness (QED) is 0.729. The van der Waals surface area contributed by atoms with Crippen molar-refractivity contribution in [3.8, 4) is 5.75 Å². The van der Waals surface area contributed by atoms with Crippen molar-refractivity contribution in [3.05, 3.63) is 18.3 Å². The van der Waals surface area contributed by atoms with Crippen molar-refractivity contribution in [1.82, 2.24) is 4.98 Å². The monoisotopic (exact) mass is 260 g/mol. The molecule has 1 heterocycles. The van der Waals surface area contributed by atoms with Crippen molar-refractivity contribution in [2.75, 3.05) is 25.1 Å². The predicted octanol–water partition coefficient (Wildman–Crippen LogP) is 2.56. The van der Waals surface area contributed by atoms with Gasteiger partial charge in [-0.3, -0.25) is 0 Å². The first-order valence-corrected chi connectivity index (χ1v) is 5.81. The Morgan fingerprint density at radius 1 is 1.39 bits per heavy atom. The first kappa shape index (κ1) is 14.6. The number of hydrogen-bond donors (Lipinski definition) is 1. The molecule has 1 N–H and O–H groups in total. The zero-order valence-corrected chi connectivity index (χ0v) is 10.5. The molecule has 0 aliphatic carbocycles. The molecular formula is C12H18F2N2O2. The van der Waals surface area contributed by atoms with E-state index in [2.05, 4.69) is 10.3 Å². The van der Waals surface area contributed by atoms with Crippen LogP contribution < -0.4 is 10.1 Å². The number of nitrogens with one attached hydrogen (secondary N) is 1. The van der Waals surface area contributed by atoms with Gasteiger partial charge in [0.25, 0.3) is 6.43 Å². The summed E-state index contributed by atoms with van der Waals surface area (Å²) in [4.78, 5) is 4.12. The molecule has 102 valence electrons. The van der Waals surface area contributed by atoms with Crippen LogP contribution in [0.1, 0.15) is 13.8 Å². The van der Waals surface area contributed by atoms with Crippen molar-refractivity contribution in [3.63, 3.8) is 0 Å². The normalized spacial score (nSPS) is 11.0. The van der Waals surface area contributed by atoms with Crippen LogP contribution in [0, 0.1) is 0 Å². The first-order valence-electron chi connectivity index (χ1n) is 5.81. The topological polar surface area (TPSA) is 43.4 Å². The second-order valence-corrected chi connectivity index (χ2v) is 3.91. The van der Waals surface area contributed by atoms with Crippen molar-refractivity contribution in [2.45, 2.75) is 26.4 Å². The van der Waals surface area contributed by atoms with Gasteiger partial charge in [0, 0.05) is 12.7 Å². The Labute approximate surface area is 105 Å². The van der Waals surface area contributed by atoms with Gasteiger partial charge in [0.1, 0.15) is 6.61 Å². The van der Waals surface area contributed by atoms with Crippen molar-refractivity contribution in [2.24, 2.45) is 0 Å². The maximum atomic E-state index is 11.8. The highest BCUT2D eigenvalue weighted by molar-refractivity contribution is 5.49. The molecule has 0 amide bonds. The Kier molecular flexibility index (Phi) is 6.35. The fourth-order valence-corrected chi connectivity index (χ4v) is 1.29. The zero-order valence-electron chi connectivity index (χ0n) is 10.5. The molecule has 0 unspecified atom stereocenters. The lowest BCUT2D eigenvalue weighted by atomic mass is 10.4. The minimum absolute atomic E-state index is 0.0461. The summed E-state index contributed by atoms with van der Waals surface area (Å²) >= 11 is 0. The van der Waals surface area contributed by atoms with Crippen molar-refractivity contribution >= 4 is 5.82 Å². The summed E-state index contributed by atoms with van der Waals surface area (Å²) in [6, 6.07) is 3.57. The minimum Gasteiger partial charge on any atom is -0.487 e. The van der Waals surface area contributed by atoms with Gasteiger partial charge in [0.2, 0.25) is 0 Å². The van der Waals surface area contributed by atoms with Crippen LogP contribution in [0.2, 0.25) is 0 Å². The van der Waals surface area contributed by atoms with Gasteiger partial charge < -0.3 is 14.8 Å². The molecule has 0 saturated carbocycles. The summed E-state index contributed by atoms with van der Waals surface area (Å²) in [6.07, 6.45) is -0.750. The number of anilines is 1. The van der Waals surface area contributed by atoms with Crippen LogP contribution in [0.5, 0.6) is 5.75 Å². The summed E-state index contributed by atoms with van der Waals surface area (Å²) in [7, 11) is 0. The molecule has 1 aromatic rings. The van der Waals surface area contributed by atoms with E-state index in [0.29, 0.717) is 18.1 Å². The van der Waals surface area contributed by atoms with Crippen LogP contribution in [0.25, 0.3) is 0 Å². The summed E-state index contributed by atoms with van der Waals surface area (Å²) in [5, 5.41) is 2.99. The highest BCUT2D eigenvalue weighted by atomic mass is 19.3. The molecule has 0 bridgehead atoms. The molecule has 0 spiro atoms. The maximum Gasteiger partial charge on any atom is 0.261 e. The first-order chi connectivity index (χ1) is 8.59. The second kappa shape index (κ2) is 7.81. The molecule has 0 saturated heterocycles. The molecule has 1 rings (SSSR count). The van der Waals surface area contributed by atoms with Crippen molar-refractivity contribution in [1.29, 1.82) is 0 Å². The minimum atomic E-state index is -2.43. The Morgan fingerprint density at radius 2 is 2.17 bits per heavy atom. The zero-order chi connectivity index (χ0) is 13.4. The molecule has 0 atom stereocenters. The second-order valence-electron chi connectivity index (χ2n) is 3.91. The molecule has 0 fully saturated rings. The van der Waals surface area contributed by atoms with E-state index in [0.717, 1.165) is 0 Å². The van der Waals surface area contributed by atoms with Gasteiger partial charge in [-0.25, -0.2) is 13.8 Å². The van der Waals surface area contributed by atoms with Gasteiger partial charge in [-0.2, -0.15) is 0 Å². The maximum absolute atomic E-state index is 11.8.